The molecule has 0 aromatic rings. The van der Waals surface area contributed by atoms with E-state index >= 15 is 0 Å². The van der Waals surface area contributed by atoms with Crippen molar-refractivity contribution in [3.63, 3.8) is 0 Å². The highest BCUT2D eigenvalue weighted by atomic mass is 16.4. The minimum atomic E-state index is -1.08. The van der Waals surface area contributed by atoms with Gasteiger partial charge in [-0.15, -0.1) is 0 Å². The van der Waals surface area contributed by atoms with E-state index in [1.54, 1.807) is 0 Å². The molecule has 0 bridgehead atoms. The van der Waals surface area contributed by atoms with Gasteiger partial charge in [-0.3, -0.25) is 14.4 Å². The average molecular weight is 304 g/mol. The maximum absolute atomic E-state index is 10.2. The highest BCUT2D eigenvalue weighted by Crippen LogP contribution is 2.09. The molecular formula is C15H28O6. The molecule has 3 N–H and O–H groups in total. The first-order chi connectivity index (χ1) is 9.90. The predicted octanol–water partition coefficient (Wildman–Crippen LogP) is 3.54. The van der Waals surface area contributed by atoms with Crippen LogP contribution in [0.3, 0.4) is 0 Å². The van der Waals surface area contributed by atoms with Gasteiger partial charge in [-0.1, -0.05) is 51.9 Å². The lowest BCUT2D eigenvalue weighted by molar-refractivity contribution is -0.143. The van der Waals surface area contributed by atoms with Crippen molar-refractivity contribution in [2.24, 2.45) is 0 Å². The second-order valence-corrected chi connectivity index (χ2v) is 4.91. The molecular weight excluding hydrogens is 276 g/mol. The van der Waals surface area contributed by atoms with Gasteiger partial charge >= 0.3 is 17.9 Å². The fourth-order valence-electron chi connectivity index (χ4n) is 1.62. The monoisotopic (exact) mass is 304 g/mol. The summed E-state index contributed by atoms with van der Waals surface area (Å²) in [5.74, 6) is -2.81. The molecule has 0 spiro atoms. The zero-order valence-corrected chi connectivity index (χ0v) is 12.8. The zero-order valence-electron chi connectivity index (χ0n) is 12.8. The van der Waals surface area contributed by atoms with Gasteiger partial charge in [0.05, 0.1) is 12.8 Å². The molecule has 0 radical (unpaired) electrons. The Balaban J connectivity index is 0. The van der Waals surface area contributed by atoms with Crippen molar-refractivity contribution in [3.8, 4) is 0 Å². The molecule has 0 unspecified atom stereocenters. The van der Waals surface area contributed by atoms with Crippen LogP contribution in [0.25, 0.3) is 0 Å². The molecule has 0 saturated heterocycles. The minimum absolute atomic E-state index is 0.296. The van der Waals surface area contributed by atoms with Crippen molar-refractivity contribution in [1.29, 1.82) is 0 Å². The number of rotatable bonds is 12. The molecule has 0 atom stereocenters. The van der Waals surface area contributed by atoms with Gasteiger partial charge in [-0.2, -0.15) is 0 Å². The molecule has 0 amide bonds. The third-order valence-electron chi connectivity index (χ3n) is 2.80. The van der Waals surface area contributed by atoms with E-state index in [-0.39, 0.29) is 12.8 Å². The zero-order chi connectivity index (χ0) is 16.5. The van der Waals surface area contributed by atoms with Crippen LogP contribution >= 0.6 is 0 Å². The van der Waals surface area contributed by atoms with Crippen LogP contribution in [-0.4, -0.2) is 33.2 Å². The van der Waals surface area contributed by atoms with Crippen molar-refractivity contribution in [2.75, 3.05) is 0 Å². The van der Waals surface area contributed by atoms with Crippen molar-refractivity contribution < 1.29 is 29.7 Å². The largest absolute Gasteiger partial charge is 0.481 e. The molecule has 0 heterocycles. The summed E-state index contributed by atoms with van der Waals surface area (Å²) in [5, 5.41) is 24.2. The van der Waals surface area contributed by atoms with Gasteiger partial charge in [0.2, 0.25) is 0 Å². The summed E-state index contributed by atoms with van der Waals surface area (Å²) < 4.78 is 0. The van der Waals surface area contributed by atoms with Crippen LogP contribution in [0.5, 0.6) is 0 Å². The summed E-state index contributed by atoms with van der Waals surface area (Å²) in [6.07, 6.45) is 9.46. The average Bonchev–Trinajstić information content (AvgIpc) is 2.40. The van der Waals surface area contributed by atoms with Crippen molar-refractivity contribution in [1.82, 2.24) is 0 Å². The van der Waals surface area contributed by atoms with E-state index in [0.717, 1.165) is 12.8 Å². The SMILES string of the molecule is CCCCCCCCCCC(=O)O.O=C(O)CCC(=O)O. The van der Waals surface area contributed by atoms with Gasteiger partial charge < -0.3 is 15.3 Å². The molecule has 0 aliphatic rings. The molecule has 6 nitrogen and oxygen atoms in total. The summed E-state index contributed by atoms with van der Waals surface area (Å²) in [6, 6.07) is 0. The Bertz CT molecular complexity index is 274. The molecule has 6 heteroatoms. The maximum Gasteiger partial charge on any atom is 0.303 e. The lowest BCUT2D eigenvalue weighted by atomic mass is 10.1. The van der Waals surface area contributed by atoms with Crippen molar-refractivity contribution in [3.05, 3.63) is 0 Å². The molecule has 0 fully saturated rings. The normalized spacial score (nSPS) is 9.57. The van der Waals surface area contributed by atoms with Crippen LogP contribution in [-0.2, 0) is 14.4 Å². The molecule has 0 rings (SSSR count). The first kappa shape index (κ1) is 21.7. The molecule has 21 heavy (non-hydrogen) atoms. The van der Waals surface area contributed by atoms with E-state index in [2.05, 4.69) is 6.92 Å². The number of aliphatic carboxylic acids is 3. The van der Waals surface area contributed by atoms with Crippen LogP contribution < -0.4 is 0 Å². The molecule has 0 aromatic carbocycles. The van der Waals surface area contributed by atoms with Gasteiger partial charge in [-0.25, -0.2) is 0 Å². The first-order valence-corrected chi connectivity index (χ1v) is 7.55. The highest BCUT2D eigenvalue weighted by molar-refractivity contribution is 5.75. The van der Waals surface area contributed by atoms with E-state index in [1.165, 1.54) is 38.5 Å². The van der Waals surface area contributed by atoms with Crippen molar-refractivity contribution in [2.45, 2.75) is 77.6 Å². The van der Waals surface area contributed by atoms with Gasteiger partial charge in [0.15, 0.2) is 0 Å². The second kappa shape index (κ2) is 16.5. The Labute approximate surface area is 126 Å². The summed E-state index contributed by atoms with van der Waals surface area (Å²) in [4.78, 5) is 29.5. The number of carboxylic acid groups (broad SMARTS) is 3. The Morgan fingerprint density at radius 1 is 0.571 bits per heavy atom. The molecule has 124 valence electrons. The van der Waals surface area contributed by atoms with E-state index in [9.17, 15) is 14.4 Å². The van der Waals surface area contributed by atoms with Gasteiger partial charge in [0.25, 0.3) is 0 Å². The number of carbonyl (C=O) groups is 3. The number of unbranched alkanes of at least 4 members (excludes halogenated alkanes) is 7. The van der Waals surface area contributed by atoms with Gasteiger partial charge in [0, 0.05) is 6.42 Å². The third kappa shape index (κ3) is 27.6. The summed E-state index contributed by atoms with van der Waals surface area (Å²) >= 11 is 0. The Morgan fingerprint density at radius 3 is 1.24 bits per heavy atom. The number of hydrogen-bond donors (Lipinski definition) is 3. The van der Waals surface area contributed by atoms with E-state index in [0.29, 0.717) is 6.42 Å². The van der Waals surface area contributed by atoms with Crippen LogP contribution in [0.15, 0.2) is 0 Å². The summed E-state index contributed by atoms with van der Waals surface area (Å²) in [6.45, 7) is 2.22. The lowest BCUT2D eigenvalue weighted by Crippen LogP contribution is -2.00. The molecule has 0 aliphatic heterocycles. The molecule has 0 saturated carbocycles. The number of hydrogen-bond acceptors (Lipinski definition) is 3. The number of carboxylic acids is 3. The highest BCUT2D eigenvalue weighted by Gasteiger charge is 2.00. The lowest BCUT2D eigenvalue weighted by Gasteiger charge is -1.99. The van der Waals surface area contributed by atoms with Gasteiger partial charge in [0.1, 0.15) is 0 Å². The summed E-state index contributed by atoms with van der Waals surface area (Å²) in [5.41, 5.74) is 0. The Hall–Kier alpha value is -1.59. The van der Waals surface area contributed by atoms with Crippen LogP contribution in [0, 0.1) is 0 Å². The first-order valence-electron chi connectivity index (χ1n) is 7.55. The maximum atomic E-state index is 10.2. The van der Waals surface area contributed by atoms with Crippen LogP contribution in [0.2, 0.25) is 0 Å². The third-order valence-corrected chi connectivity index (χ3v) is 2.80. The van der Waals surface area contributed by atoms with E-state index in [4.69, 9.17) is 15.3 Å². The fourth-order valence-corrected chi connectivity index (χ4v) is 1.62. The van der Waals surface area contributed by atoms with Crippen LogP contribution in [0.4, 0.5) is 0 Å². The van der Waals surface area contributed by atoms with E-state index < -0.39 is 17.9 Å². The summed E-state index contributed by atoms with van der Waals surface area (Å²) in [7, 11) is 0. The van der Waals surface area contributed by atoms with Crippen LogP contribution in [0.1, 0.15) is 77.6 Å². The molecule has 0 aromatic heterocycles. The molecule has 0 aliphatic carbocycles. The Morgan fingerprint density at radius 2 is 0.905 bits per heavy atom. The standard InChI is InChI=1S/C11H22O2.C4H6O4/c1-2-3-4-5-6-7-8-9-10-11(12)13;5-3(6)1-2-4(7)8/h2-10H2,1H3,(H,12,13);1-2H2,(H,5,6)(H,7,8). The Kier molecular flexibility index (Phi) is 17.0. The quantitative estimate of drug-likeness (QED) is 0.475. The second-order valence-electron chi connectivity index (χ2n) is 4.91. The predicted molar refractivity (Wildman–Crippen MR) is 79.4 cm³/mol. The van der Waals surface area contributed by atoms with Crippen molar-refractivity contribution >= 4 is 17.9 Å². The smallest absolute Gasteiger partial charge is 0.303 e. The van der Waals surface area contributed by atoms with E-state index in [1.807, 2.05) is 0 Å². The fraction of sp³-hybridized carbons (Fsp3) is 0.800. The van der Waals surface area contributed by atoms with Gasteiger partial charge in [-0.05, 0) is 6.42 Å². The topological polar surface area (TPSA) is 112 Å². The minimum Gasteiger partial charge on any atom is -0.481 e.